The largest absolute Gasteiger partial charge is 0.368 e. The Bertz CT molecular complexity index is 653. The van der Waals surface area contributed by atoms with E-state index in [1.807, 2.05) is 0 Å². The summed E-state index contributed by atoms with van der Waals surface area (Å²) in [5.74, 6) is 1.78. The van der Waals surface area contributed by atoms with Gasteiger partial charge in [-0.3, -0.25) is 0 Å². The van der Waals surface area contributed by atoms with Crippen LogP contribution in [0.5, 0.6) is 0 Å². The number of fused-ring (bicyclic) bond motifs is 1. The van der Waals surface area contributed by atoms with E-state index >= 15 is 0 Å². The molecule has 0 bridgehead atoms. The van der Waals surface area contributed by atoms with Gasteiger partial charge < -0.3 is 16.0 Å². The van der Waals surface area contributed by atoms with Crippen molar-refractivity contribution in [2.45, 2.75) is 18.8 Å². The average Bonchev–Trinajstić information content (AvgIpc) is 2.99. The van der Waals surface area contributed by atoms with Gasteiger partial charge in [-0.25, -0.2) is 4.98 Å². The first-order valence-corrected chi connectivity index (χ1v) is 7.96. The van der Waals surface area contributed by atoms with Crippen LogP contribution in [-0.4, -0.2) is 36.1 Å². The van der Waals surface area contributed by atoms with Crippen LogP contribution in [0.15, 0.2) is 30.3 Å². The normalized spacial score (nSPS) is 18.5. The number of rotatable bonds is 2. The molecule has 0 unspecified atom stereocenters. The number of piperazine rings is 1. The van der Waals surface area contributed by atoms with Gasteiger partial charge in [-0.1, -0.05) is 24.3 Å². The van der Waals surface area contributed by atoms with Gasteiger partial charge >= 0.3 is 0 Å². The molecule has 2 heterocycles. The number of anilines is 2. The predicted octanol–water partition coefficient (Wildman–Crippen LogP) is 1.35. The predicted molar refractivity (Wildman–Crippen MR) is 88.1 cm³/mol. The topological polar surface area (TPSA) is 67.1 Å². The van der Waals surface area contributed by atoms with Crippen LogP contribution in [0.1, 0.15) is 22.7 Å². The van der Waals surface area contributed by atoms with Gasteiger partial charge in [0, 0.05) is 38.2 Å². The third-order valence-corrected chi connectivity index (χ3v) is 4.66. The molecule has 1 aliphatic carbocycles. The van der Waals surface area contributed by atoms with E-state index in [1.165, 1.54) is 11.1 Å². The number of nitrogens with two attached hydrogens (primary N) is 1. The van der Waals surface area contributed by atoms with E-state index in [4.69, 9.17) is 5.73 Å². The summed E-state index contributed by atoms with van der Waals surface area (Å²) < 4.78 is 0. The number of nitrogens with zero attached hydrogens (tertiary/aromatic N) is 3. The van der Waals surface area contributed by atoms with E-state index in [0.717, 1.165) is 50.5 Å². The smallest absolute Gasteiger partial charge is 0.222 e. The van der Waals surface area contributed by atoms with Gasteiger partial charge in [-0.15, -0.1) is 0 Å². The molecule has 3 N–H and O–H groups in total. The number of nitrogen functional groups attached to an aromatic ring is 1. The minimum Gasteiger partial charge on any atom is -0.368 e. The van der Waals surface area contributed by atoms with Crippen molar-refractivity contribution in [3.8, 4) is 0 Å². The Hall–Kier alpha value is -2.14. The Labute approximate surface area is 130 Å². The Balaban J connectivity index is 1.61. The monoisotopic (exact) mass is 295 g/mol. The Kier molecular flexibility index (Phi) is 3.42. The van der Waals surface area contributed by atoms with E-state index in [0.29, 0.717) is 11.9 Å². The molecule has 1 saturated heterocycles. The highest BCUT2D eigenvalue weighted by molar-refractivity contribution is 5.46. The van der Waals surface area contributed by atoms with E-state index in [1.54, 1.807) is 0 Å². The first-order valence-electron chi connectivity index (χ1n) is 7.96. The van der Waals surface area contributed by atoms with Gasteiger partial charge in [-0.05, 0) is 24.0 Å². The summed E-state index contributed by atoms with van der Waals surface area (Å²) in [6.45, 7) is 3.93. The third-order valence-electron chi connectivity index (χ3n) is 4.66. The number of nitrogens with one attached hydrogen (secondary N) is 1. The van der Waals surface area contributed by atoms with Crippen LogP contribution in [0.4, 0.5) is 11.8 Å². The summed E-state index contributed by atoms with van der Waals surface area (Å²) in [5, 5.41) is 3.36. The van der Waals surface area contributed by atoms with Crippen LogP contribution < -0.4 is 16.0 Å². The first-order chi connectivity index (χ1) is 10.8. The van der Waals surface area contributed by atoms with Crippen molar-refractivity contribution < 1.29 is 0 Å². The Morgan fingerprint density at radius 3 is 2.41 bits per heavy atom. The van der Waals surface area contributed by atoms with Crippen LogP contribution in [0.25, 0.3) is 0 Å². The van der Waals surface area contributed by atoms with Crippen molar-refractivity contribution in [1.29, 1.82) is 0 Å². The fourth-order valence-corrected chi connectivity index (χ4v) is 3.50. The lowest BCUT2D eigenvalue weighted by Crippen LogP contribution is -2.44. The second kappa shape index (κ2) is 5.57. The quantitative estimate of drug-likeness (QED) is 0.875. The molecule has 0 atom stereocenters. The molecular formula is C17H21N5. The Morgan fingerprint density at radius 2 is 1.73 bits per heavy atom. The van der Waals surface area contributed by atoms with Crippen molar-refractivity contribution in [2.24, 2.45) is 0 Å². The fraction of sp³-hybridized carbons (Fsp3) is 0.412. The standard InChI is InChI=1S/C17H21N5/c18-17-20-15(11-16(21-17)22-7-5-19-6-8-22)14-9-12-3-1-2-4-13(12)10-14/h1-4,11,14,19H,5-10H2,(H2,18,20,21). The number of benzene rings is 1. The molecule has 0 radical (unpaired) electrons. The highest BCUT2D eigenvalue weighted by Crippen LogP contribution is 2.34. The lowest BCUT2D eigenvalue weighted by atomic mass is 10.0. The molecule has 5 nitrogen and oxygen atoms in total. The summed E-state index contributed by atoms with van der Waals surface area (Å²) in [7, 11) is 0. The van der Waals surface area contributed by atoms with Gasteiger partial charge in [-0.2, -0.15) is 4.98 Å². The van der Waals surface area contributed by atoms with E-state index in [9.17, 15) is 0 Å². The van der Waals surface area contributed by atoms with Crippen LogP contribution in [0.3, 0.4) is 0 Å². The van der Waals surface area contributed by atoms with Crippen molar-refractivity contribution in [1.82, 2.24) is 15.3 Å². The fourth-order valence-electron chi connectivity index (χ4n) is 3.50. The van der Waals surface area contributed by atoms with Crippen molar-refractivity contribution in [3.05, 3.63) is 47.2 Å². The molecule has 4 rings (SSSR count). The van der Waals surface area contributed by atoms with Gasteiger partial charge in [0.05, 0.1) is 5.69 Å². The lowest BCUT2D eigenvalue weighted by molar-refractivity contribution is 0.583. The lowest BCUT2D eigenvalue weighted by Gasteiger charge is -2.29. The minimum absolute atomic E-state index is 0.391. The zero-order valence-corrected chi connectivity index (χ0v) is 12.6. The molecule has 1 aromatic heterocycles. The summed E-state index contributed by atoms with van der Waals surface area (Å²) >= 11 is 0. The van der Waals surface area contributed by atoms with Gasteiger partial charge in [0.15, 0.2) is 0 Å². The van der Waals surface area contributed by atoms with Crippen LogP contribution in [0.2, 0.25) is 0 Å². The molecule has 1 aromatic carbocycles. The molecule has 2 aliphatic rings. The molecule has 2 aromatic rings. The van der Waals surface area contributed by atoms with Crippen molar-refractivity contribution in [3.63, 3.8) is 0 Å². The second-order valence-corrected chi connectivity index (χ2v) is 6.12. The molecule has 114 valence electrons. The minimum atomic E-state index is 0.391. The molecule has 1 aliphatic heterocycles. The number of aromatic nitrogens is 2. The SMILES string of the molecule is Nc1nc(C2Cc3ccccc3C2)cc(N2CCNCC2)n1. The summed E-state index contributed by atoms with van der Waals surface area (Å²) in [6, 6.07) is 10.8. The zero-order valence-electron chi connectivity index (χ0n) is 12.6. The molecule has 0 saturated carbocycles. The highest BCUT2D eigenvalue weighted by Gasteiger charge is 2.25. The second-order valence-electron chi connectivity index (χ2n) is 6.12. The van der Waals surface area contributed by atoms with Crippen LogP contribution >= 0.6 is 0 Å². The molecule has 22 heavy (non-hydrogen) atoms. The maximum absolute atomic E-state index is 5.97. The summed E-state index contributed by atoms with van der Waals surface area (Å²) in [6.07, 6.45) is 2.10. The van der Waals surface area contributed by atoms with E-state index in [-0.39, 0.29) is 0 Å². The number of hydrogen-bond acceptors (Lipinski definition) is 5. The van der Waals surface area contributed by atoms with Crippen molar-refractivity contribution >= 4 is 11.8 Å². The molecule has 1 fully saturated rings. The summed E-state index contributed by atoms with van der Waals surface area (Å²) in [5.41, 5.74) is 9.93. The summed E-state index contributed by atoms with van der Waals surface area (Å²) in [4.78, 5) is 11.3. The average molecular weight is 295 g/mol. The maximum atomic E-state index is 5.97. The van der Waals surface area contributed by atoms with E-state index in [2.05, 4.69) is 50.5 Å². The molecule has 0 amide bonds. The van der Waals surface area contributed by atoms with Gasteiger partial charge in [0.2, 0.25) is 5.95 Å². The van der Waals surface area contributed by atoms with Gasteiger partial charge in [0.25, 0.3) is 0 Å². The molecule has 0 spiro atoms. The molecule has 5 heteroatoms. The highest BCUT2D eigenvalue weighted by atomic mass is 15.2. The van der Waals surface area contributed by atoms with Gasteiger partial charge in [0.1, 0.15) is 5.82 Å². The zero-order chi connectivity index (χ0) is 14.9. The van der Waals surface area contributed by atoms with Crippen LogP contribution in [-0.2, 0) is 12.8 Å². The molecular weight excluding hydrogens is 274 g/mol. The third kappa shape index (κ3) is 2.52. The van der Waals surface area contributed by atoms with Crippen LogP contribution in [0, 0.1) is 0 Å². The van der Waals surface area contributed by atoms with Crippen molar-refractivity contribution in [2.75, 3.05) is 36.8 Å². The first kappa shape index (κ1) is 13.5. The maximum Gasteiger partial charge on any atom is 0.222 e. The van der Waals surface area contributed by atoms with E-state index < -0.39 is 0 Å². The number of hydrogen-bond donors (Lipinski definition) is 2. The Morgan fingerprint density at radius 1 is 1.05 bits per heavy atom.